The van der Waals surface area contributed by atoms with Crippen LogP contribution >= 0.6 is 0 Å². The number of aryl methyl sites for hydroxylation is 2. The Morgan fingerprint density at radius 1 is 1.28 bits per heavy atom. The van der Waals surface area contributed by atoms with E-state index in [1.54, 1.807) is 0 Å². The van der Waals surface area contributed by atoms with Gasteiger partial charge in [-0.05, 0) is 57.4 Å². The van der Waals surface area contributed by atoms with Gasteiger partial charge >= 0.3 is 0 Å². The van der Waals surface area contributed by atoms with Crippen molar-refractivity contribution in [3.8, 4) is 0 Å². The molecule has 18 heavy (non-hydrogen) atoms. The fourth-order valence-corrected chi connectivity index (χ4v) is 3.24. The zero-order valence-corrected chi connectivity index (χ0v) is 11.8. The van der Waals surface area contributed by atoms with E-state index in [1.165, 1.54) is 40.6 Å². The molecule has 1 N–H and O–H groups in total. The van der Waals surface area contributed by atoms with Crippen LogP contribution in [0.15, 0.2) is 18.2 Å². The number of benzene rings is 1. The molecule has 2 aromatic rings. The Hall–Kier alpha value is -1.28. The molecular formula is C16H22N2. The number of fused-ring (bicyclic) bond motifs is 1. The normalized spacial score (nSPS) is 24.0. The molecule has 3 rings (SSSR count). The van der Waals surface area contributed by atoms with Crippen LogP contribution in [0.5, 0.6) is 0 Å². The third kappa shape index (κ3) is 1.52. The van der Waals surface area contributed by atoms with Crippen molar-refractivity contribution in [1.82, 2.24) is 9.88 Å². The third-order valence-electron chi connectivity index (χ3n) is 4.81. The fraction of sp³-hybridized carbons (Fsp3) is 0.500. The zero-order valence-electron chi connectivity index (χ0n) is 11.8. The maximum atomic E-state index is 3.65. The molecule has 0 amide bonds. The molecular weight excluding hydrogens is 220 g/mol. The zero-order chi connectivity index (χ0) is 12.9. The van der Waals surface area contributed by atoms with Crippen molar-refractivity contribution >= 4 is 10.9 Å². The molecule has 1 aliphatic rings. The molecule has 0 bridgehead atoms. The molecule has 1 aliphatic heterocycles. The maximum absolute atomic E-state index is 3.65. The number of nitrogens with zero attached hydrogens (tertiary/aromatic N) is 1. The van der Waals surface area contributed by atoms with E-state index in [0.717, 1.165) is 6.54 Å². The van der Waals surface area contributed by atoms with Crippen molar-refractivity contribution in [3.05, 3.63) is 35.0 Å². The molecule has 0 spiro atoms. The minimum Gasteiger partial charge on any atom is -0.348 e. The topological polar surface area (TPSA) is 17.0 Å². The number of rotatable bonds is 1. The predicted molar refractivity (Wildman–Crippen MR) is 77.0 cm³/mol. The van der Waals surface area contributed by atoms with Crippen molar-refractivity contribution < 1.29 is 0 Å². The number of hydrogen-bond acceptors (Lipinski definition) is 1. The average Bonchev–Trinajstić information content (AvgIpc) is 2.90. The first-order valence-corrected chi connectivity index (χ1v) is 6.84. The Balaban J connectivity index is 2.19. The van der Waals surface area contributed by atoms with E-state index in [2.05, 4.69) is 55.9 Å². The van der Waals surface area contributed by atoms with Crippen molar-refractivity contribution in [1.29, 1.82) is 0 Å². The van der Waals surface area contributed by atoms with Gasteiger partial charge in [-0.15, -0.1) is 0 Å². The lowest BCUT2D eigenvalue weighted by Crippen LogP contribution is -2.33. The molecule has 0 radical (unpaired) electrons. The third-order valence-corrected chi connectivity index (χ3v) is 4.81. The summed E-state index contributed by atoms with van der Waals surface area (Å²) in [6.07, 6.45) is 2.51. The lowest BCUT2D eigenvalue weighted by Gasteiger charge is -2.25. The van der Waals surface area contributed by atoms with Crippen LogP contribution in [0.2, 0.25) is 0 Å². The summed E-state index contributed by atoms with van der Waals surface area (Å²) in [5.41, 5.74) is 5.72. The van der Waals surface area contributed by atoms with Gasteiger partial charge in [0.05, 0.1) is 0 Å². The summed E-state index contributed by atoms with van der Waals surface area (Å²) in [5.74, 6) is 0. The van der Waals surface area contributed by atoms with Crippen LogP contribution in [0.1, 0.15) is 36.6 Å². The molecule has 1 aromatic heterocycles. The van der Waals surface area contributed by atoms with E-state index >= 15 is 0 Å². The molecule has 0 saturated carbocycles. The summed E-state index contributed by atoms with van der Waals surface area (Å²) in [4.78, 5) is 0. The summed E-state index contributed by atoms with van der Waals surface area (Å²) >= 11 is 0. The van der Waals surface area contributed by atoms with Gasteiger partial charge in [0, 0.05) is 29.2 Å². The molecule has 1 fully saturated rings. The summed E-state index contributed by atoms with van der Waals surface area (Å²) in [5, 5.41) is 5.03. The highest BCUT2D eigenvalue weighted by Gasteiger charge is 2.30. The van der Waals surface area contributed by atoms with Crippen molar-refractivity contribution in [2.24, 2.45) is 7.05 Å². The summed E-state index contributed by atoms with van der Waals surface area (Å²) in [6.45, 7) is 7.88. The largest absolute Gasteiger partial charge is 0.348 e. The molecule has 96 valence electrons. The smallest absolute Gasteiger partial charge is 0.0486 e. The molecule has 2 heterocycles. The quantitative estimate of drug-likeness (QED) is 0.811. The maximum Gasteiger partial charge on any atom is 0.0486 e. The van der Waals surface area contributed by atoms with Crippen LogP contribution in [0, 0.1) is 13.8 Å². The van der Waals surface area contributed by atoms with Crippen LogP contribution in [0.25, 0.3) is 10.9 Å². The van der Waals surface area contributed by atoms with Gasteiger partial charge < -0.3 is 9.88 Å². The van der Waals surface area contributed by atoms with Gasteiger partial charge in [0.1, 0.15) is 0 Å². The van der Waals surface area contributed by atoms with E-state index < -0.39 is 0 Å². The molecule has 1 unspecified atom stereocenters. The number of aromatic nitrogens is 1. The Kier molecular flexibility index (Phi) is 2.53. The molecule has 1 atom stereocenters. The first-order valence-electron chi connectivity index (χ1n) is 6.84. The number of hydrogen-bond donors (Lipinski definition) is 1. The van der Waals surface area contributed by atoms with Gasteiger partial charge in [0.15, 0.2) is 0 Å². The van der Waals surface area contributed by atoms with E-state index in [1.807, 2.05) is 0 Å². The van der Waals surface area contributed by atoms with Gasteiger partial charge in [0.2, 0.25) is 0 Å². The molecule has 1 aromatic carbocycles. The van der Waals surface area contributed by atoms with Crippen LogP contribution in [-0.2, 0) is 12.6 Å². The van der Waals surface area contributed by atoms with Crippen LogP contribution in [-0.4, -0.2) is 11.1 Å². The lowest BCUT2D eigenvalue weighted by atomic mass is 9.90. The monoisotopic (exact) mass is 242 g/mol. The SMILES string of the molecule is Cc1c(C)n(C)c2cc(C3(C)CCCN3)ccc12. The Bertz CT molecular complexity index is 601. The summed E-state index contributed by atoms with van der Waals surface area (Å²) in [6, 6.07) is 6.96. The highest BCUT2D eigenvalue weighted by molar-refractivity contribution is 5.86. The predicted octanol–water partition coefficient (Wildman–Crippen LogP) is 3.39. The minimum absolute atomic E-state index is 0.167. The van der Waals surface area contributed by atoms with E-state index in [4.69, 9.17) is 0 Å². The molecule has 2 nitrogen and oxygen atoms in total. The van der Waals surface area contributed by atoms with Crippen molar-refractivity contribution in [3.63, 3.8) is 0 Å². The molecule has 1 saturated heterocycles. The average molecular weight is 242 g/mol. The molecule has 0 aliphatic carbocycles. The van der Waals surface area contributed by atoms with Gasteiger partial charge in [0.25, 0.3) is 0 Å². The van der Waals surface area contributed by atoms with Gasteiger partial charge in [-0.3, -0.25) is 0 Å². The van der Waals surface area contributed by atoms with E-state index in [9.17, 15) is 0 Å². The summed E-state index contributed by atoms with van der Waals surface area (Å²) < 4.78 is 2.31. The van der Waals surface area contributed by atoms with Crippen LogP contribution in [0.4, 0.5) is 0 Å². The van der Waals surface area contributed by atoms with Crippen LogP contribution < -0.4 is 5.32 Å². The minimum atomic E-state index is 0.167. The molecule has 2 heteroatoms. The number of nitrogens with one attached hydrogen (secondary N) is 1. The van der Waals surface area contributed by atoms with E-state index in [-0.39, 0.29) is 5.54 Å². The second-order valence-electron chi connectivity index (χ2n) is 5.86. The highest BCUT2D eigenvalue weighted by atomic mass is 15.0. The van der Waals surface area contributed by atoms with Gasteiger partial charge in [-0.25, -0.2) is 0 Å². The fourth-order valence-electron chi connectivity index (χ4n) is 3.24. The van der Waals surface area contributed by atoms with Gasteiger partial charge in [-0.1, -0.05) is 12.1 Å². The highest BCUT2D eigenvalue weighted by Crippen LogP contribution is 2.33. The van der Waals surface area contributed by atoms with Crippen molar-refractivity contribution in [2.45, 2.75) is 39.2 Å². The second-order valence-corrected chi connectivity index (χ2v) is 5.86. The van der Waals surface area contributed by atoms with E-state index in [0.29, 0.717) is 0 Å². The standard InChI is InChI=1S/C16H22N2/c1-11-12(2)18(4)15-10-13(6-7-14(11)15)16(3)8-5-9-17-16/h6-7,10,17H,5,8-9H2,1-4H3. The van der Waals surface area contributed by atoms with Crippen molar-refractivity contribution in [2.75, 3.05) is 6.54 Å². The Morgan fingerprint density at radius 3 is 2.72 bits per heavy atom. The lowest BCUT2D eigenvalue weighted by molar-refractivity contribution is 0.435. The Labute approximate surface area is 109 Å². The van der Waals surface area contributed by atoms with Crippen LogP contribution in [0.3, 0.4) is 0 Å². The second kappa shape index (κ2) is 3.86. The first-order chi connectivity index (χ1) is 8.53. The summed E-state index contributed by atoms with van der Waals surface area (Å²) in [7, 11) is 2.17. The Morgan fingerprint density at radius 2 is 2.06 bits per heavy atom. The van der Waals surface area contributed by atoms with Gasteiger partial charge in [-0.2, -0.15) is 0 Å². The first kappa shape index (κ1) is 11.8.